The van der Waals surface area contributed by atoms with Crippen LogP contribution >= 0.6 is 0 Å². The first-order chi connectivity index (χ1) is 10.7. The Morgan fingerprint density at radius 2 is 2.14 bits per heavy atom. The van der Waals surface area contributed by atoms with Gasteiger partial charge in [0.05, 0.1) is 43.2 Å². The average molecular weight is 299 g/mol. The molecule has 1 spiro atoms. The van der Waals surface area contributed by atoms with Gasteiger partial charge < -0.3 is 20.1 Å². The Kier molecular flexibility index (Phi) is 3.29. The van der Waals surface area contributed by atoms with Crippen LogP contribution in [0.15, 0.2) is 36.5 Å². The van der Waals surface area contributed by atoms with Crippen molar-refractivity contribution in [3.63, 3.8) is 0 Å². The molecule has 6 nitrogen and oxygen atoms in total. The van der Waals surface area contributed by atoms with Crippen LogP contribution < -0.4 is 10.6 Å². The summed E-state index contributed by atoms with van der Waals surface area (Å²) in [6.45, 7) is 1.72. The highest BCUT2D eigenvalue weighted by atomic mass is 16.7. The van der Waals surface area contributed by atoms with E-state index < -0.39 is 5.79 Å². The topological polar surface area (TPSA) is 72.5 Å². The quantitative estimate of drug-likeness (QED) is 0.874. The van der Waals surface area contributed by atoms with Crippen LogP contribution in [-0.4, -0.2) is 42.5 Å². The highest BCUT2D eigenvalue weighted by molar-refractivity contribution is 5.96. The number of aromatic nitrogens is 1. The van der Waals surface area contributed by atoms with Crippen molar-refractivity contribution in [2.75, 3.05) is 25.1 Å². The molecule has 2 aliphatic heterocycles. The summed E-state index contributed by atoms with van der Waals surface area (Å²) in [4.78, 5) is 16.7. The van der Waals surface area contributed by atoms with Gasteiger partial charge in [0.15, 0.2) is 5.79 Å². The molecule has 2 aromatic rings. The van der Waals surface area contributed by atoms with Crippen LogP contribution in [-0.2, 0) is 14.3 Å². The van der Waals surface area contributed by atoms with Gasteiger partial charge in [0, 0.05) is 11.8 Å². The number of amides is 1. The Morgan fingerprint density at radius 3 is 3.00 bits per heavy atom. The Hall–Kier alpha value is -2.02. The van der Waals surface area contributed by atoms with E-state index in [2.05, 4.69) is 15.6 Å². The van der Waals surface area contributed by atoms with Gasteiger partial charge in [-0.05, 0) is 12.1 Å². The van der Waals surface area contributed by atoms with Crippen LogP contribution in [0.2, 0.25) is 0 Å². The van der Waals surface area contributed by atoms with E-state index in [0.29, 0.717) is 31.9 Å². The summed E-state index contributed by atoms with van der Waals surface area (Å²) in [5.41, 5.74) is 1.60. The molecule has 2 N–H and O–H groups in total. The van der Waals surface area contributed by atoms with Crippen molar-refractivity contribution < 1.29 is 14.3 Å². The van der Waals surface area contributed by atoms with Gasteiger partial charge in [0.2, 0.25) is 5.91 Å². The van der Waals surface area contributed by atoms with Crippen molar-refractivity contribution >= 4 is 22.5 Å². The number of nitrogens with one attached hydrogen (secondary N) is 2. The van der Waals surface area contributed by atoms with E-state index in [9.17, 15) is 4.79 Å². The fourth-order valence-corrected chi connectivity index (χ4v) is 3.01. The second kappa shape index (κ2) is 5.31. The van der Waals surface area contributed by atoms with Gasteiger partial charge in [-0.2, -0.15) is 0 Å². The zero-order chi connectivity index (χ0) is 15.0. The molecule has 1 aromatic heterocycles. The second-order valence-corrected chi connectivity index (χ2v) is 5.65. The number of pyridine rings is 1. The van der Waals surface area contributed by atoms with Crippen LogP contribution in [0.3, 0.4) is 0 Å². The van der Waals surface area contributed by atoms with E-state index in [1.807, 2.05) is 30.3 Å². The number of para-hydroxylation sites is 1. The maximum atomic E-state index is 12.4. The number of rotatable bonds is 2. The van der Waals surface area contributed by atoms with Gasteiger partial charge in [-0.1, -0.05) is 18.2 Å². The van der Waals surface area contributed by atoms with Gasteiger partial charge in [-0.15, -0.1) is 0 Å². The third-order valence-corrected chi connectivity index (χ3v) is 4.12. The van der Waals surface area contributed by atoms with Crippen LogP contribution in [0.4, 0.5) is 5.69 Å². The Bertz CT molecular complexity index is 713. The zero-order valence-electron chi connectivity index (χ0n) is 12.0. The van der Waals surface area contributed by atoms with Gasteiger partial charge in [-0.25, -0.2) is 0 Å². The monoisotopic (exact) mass is 299 g/mol. The lowest BCUT2D eigenvalue weighted by Gasteiger charge is -2.19. The number of benzene rings is 1. The van der Waals surface area contributed by atoms with Gasteiger partial charge in [0.1, 0.15) is 0 Å². The lowest BCUT2D eigenvalue weighted by atomic mass is 10.1. The van der Waals surface area contributed by atoms with Crippen LogP contribution in [0.1, 0.15) is 6.42 Å². The number of hydrogen-bond acceptors (Lipinski definition) is 5. The fourth-order valence-electron chi connectivity index (χ4n) is 3.01. The van der Waals surface area contributed by atoms with Gasteiger partial charge >= 0.3 is 0 Å². The van der Waals surface area contributed by atoms with Crippen molar-refractivity contribution in [1.29, 1.82) is 0 Å². The molecule has 1 atom stereocenters. The van der Waals surface area contributed by atoms with Crippen molar-refractivity contribution in [1.82, 2.24) is 10.3 Å². The SMILES string of the molecule is O=C(Nc1cnc2ccccc2c1)[C@@H]1CC2(CN1)OCCO2. The van der Waals surface area contributed by atoms with Crippen LogP contribution in [0.5, 0.6) is 0 Å². The molecule has 114 valence electrons. The maximum Gasteiger partial charge on any atom is 0.241 e. The third-order valence-electron chi connectivity index (χ3n) is 4.12. The molecule has 2 saturated heterocycles. The molecule has 2 fully saturated rings. The normalized spacial score (nSPS) is 23.2. The van der Waals surface area contributed by atoms with Gasteiger partial charge in [-0.3, -0.25) is 9.78 Å². The fraction of sp³-hybridized carbons (Fsp3) is 0.375. The molecule has 0 bridgehead atoms. The van der Waals surface area contributed by atoms with Crippen LogP contribution in [0, 0.1) is 0 Å². The first-order valence-corrected chi connectivity index (χ1v) is 7.41. The van der Waals surface area contributed by atoms with Gasteiger partial charge in [0.25, 0.3) is 0 Å². The standard InChI is InChI=1S/C16H17N3O3/c20-15(14-8-16(10-18-14)21-5-6-22-16)19-12-7-11-3-1-2-4-13(11)17-9-12/h1-4,7,9,14,18H,5-6,8,10H2,(H,19,20)/t14-/m0/s1. The van der Waals surface area contributed by atoms with E-state index in [1.54, 1.807) is 6.20 Å². The summed E-state index contributed by atoms with van der Waals surface area (Å²) in [6, 6.07) is 9.42. The summed E-state index contributed by atoms with van der Waals surface area (Å²) in [7, 11) is 0. The number of ether oxygens (including phenoxy) is 2. The van der Waals surface area contributed by atoms with E-state index >= 15 is 0 Å². The highest BCUT2D eigenvalue weighted by Crippen LogP contribution is 2.29. The first kappa shape index (κ1) is 13.6. The minimum absolute atomic E-state index is 0.0898. The molecule has 22 heavy (non-hydrogen) atoms. The minimum Gasteiger partial charge on any atom is -0.346 e. The lowest BCUT2D eigenvalue weighted by Crippen LogP contribution is -2.35. The number of anilines is 1. The van der Waals surface area contributed by atoms with Crippen LogP contribution in [0.25, 0.3) is 10.9 Å². The van der Waals surface area contributed by atoms with E-state index in [-0.39, 0.29) is 11.9 Å². The molecule has 0 unspecified atom stereocenters. The summed E-state index contributed by atoms with van der Waals surface area (Å²) >= 11 is 0. The van der Waals surface area contributed by atoms with Crippen molar-refractivity contribution in [2.24, 2.45) is 0 Å². The largest absolute Gasteiger partial charge is 0.346 e. The smallest absolute Gasteiger partial charge is 0.241 e. The molecule has 1 aromatic carbocycles. The third kappa shape index (κ3) is 2.45. The predicted molar refractivity (Wildman–Crippen MR) is 81.4 cm³/mol. The minimum atomic E-state index is -0.621. The molecule has 4 rings (SSSR count). The van der Waals surface area contributed by atoms with Crippen molar-refractivity contribution in [3.8, 4) is 0 Å². The number of carbonyl (C=O) groups is 1. The number of fused-ring (bicyclic) bond motifs is 1. The molecule has 0 aliphatic carbocycles. The number of hydrogen-bond donors (Lipinski definition) is 2. The molecular weight excluding hydrogens is 282 g/mol. The molecule has 0 radical (unpaired) electrons. The van der Waals surface area contributed by atoms with E-state index in [1.165, 1.54) is 0 Å². The average Bonchev–Trinajstić information content (AvgIpc) is 3.18. The summed E-state index contributed by atoms with van der Waals surface area (Å²) in [5.74, 6) is -0.711. The van der Waals surface area contributed by atoms with E-state index in [4.69, 9.17) is 9.47 Å². The summed E-state index contributed by atoms with van der Waals surface area (Å²) in [6.07, 6.45) is 2.20. The molecular formula is C16H17N3O3. The molecule has 3 heterocycles. The van der Waals surface area contributed by atoms with E-state index in [0.717, 1.165) is 10.9 Å². The van der Waals surface area contributed by atoms with Crippen molar-refractivity contribution in [2.45, 2.75) is 18.2 Å². The maximum absolute atomic E-state index is 12.4. The second-order valence-electron chi connectivity index (χ2n) is 5.65. The summed E-state index contributed by atoms with van der Waals surface area (Å²) in [5, 5.41) is 7.07. The zero-order valence-corrected chi connectivity index (χ0v) is 12.0. The molecule has 1 amide bonds. The Morgan fingerprint density at radius 1 is 1.32 bits per heavy atom. The molecule has 6 heteroatoms. The highest BCUT2D eigenvalue weighted by Gasteiger charge is 2.46. The number of nitrogens with zero attached hydrogens (tertiary/aromatic N) is 1. The first-order valence-electron chi connectivity index (χ1n) is 7.41. The summed E-state index contributed by atoms with van der Waals surface area (Å²) < 4.78 is 11.2. The molecule has 2 aliphatic rings. The lowest BCUT2D eigenvalue weighted by molar-refractivity contribution is -0.143. The number of carbonyl (C=O) groups excluding carboxylic acids is 1. The van der Waals surface area contributed by atoms with Crippen molar-refractivity contribution in [3.05, 3.63) is 36.5 Å². The predicted octanol–water partition coefficient (Wildman–Crippen LogP) is 1.28. The molecule has 0 saturated carbocycles. The Balaban J connectivity index is 1.47. The Labute approximate surface area is 127 Å².